The summed E-state index contributed by atoms with van der Waals surface area (Å²) in [5.41, 5.74) is 2.33. The SMILES string of the molecule is COc1ccc(OC)c(-c2nnc3ccc(OCCNC(=O)c4ccccc4C(=O)c4ccccc4)nn23)c1. The number of nitrogens with zero attached hydrogens (tertiary/aromatic N) is 4. The van der Waals surface area contributed by atoms with Gasteiger partial charge >= 0.3 is 0 Å². The van der Waals surface area contributed by atoms with Gasteiger partial charge in [-0.2, -0.15) is 4.52 Å². The van der Waals surface area contributed by atoms with Crippen molar-refractivity contribution in [2.24, 2.45) is 0 Å². The van der Waals surface area contributed by atoms with Crippen LogP contribution < -0.4 is 19.5 Å². The van der Waals surface area contributed by atoms with Gasteiger partial charge in [0.25, 0.3) is 5.91 Å². The minimum Gasteiger partial charge on any atom is -0.497 e. The van der Waals surface area contributed by atoms with Gasteiger partial charge in [0, 0.05) is 17.2 Å². The van der Waals surface area contributed by atoms with Gasteiger partial charge in [0.15, 0.2) is 17.3 Å². The van der Waals surface area contributed by atoms with Crippen LogP contribution in [0.3, 0.4) is 0 Å². The Morgan fingerprint density at radius 3 is 2.38 bits per heavy atom. The second-order valence-electron chi connectivity index (χ2n) is 8.38. The predicted octanol–water partition coefficient (Wildman–Crippen LogP) is 3.85. The number of aromatic nitrogens is 4. The summed E-state index contributed by atoms with van der Waals surface area (Å²) in [5, 5.41) is 15.8. The van der Waals surface area contributed by atoms with Gasteiger partial charge in [0.05, 0.1) is 31.9 Å². The number of hydrogen-bond donors (Lipinski definition) is 1. The molecule has 0 unspecified atom stereocenters. The second kappa shape index (κ2) is 11.4. The van der Waals surface area contributed by atoms with Crippen LogP contribution >= 0.6 is 0 Å². The van der Waals surface area contributed by atoms with Gasteiger partial charge in [0.2, 0.25) is 5.88 Å². The van der Waals surface area contributed by atoms with Crippen molar-refractivity contribution in [3.8, 4) is 28.8 Å². The number of carbonyl (C=O) groups is 2. The standard InChI is InChI=1S/C29H25N5O5/c1-37-20-12-13-24(38-2)23(18-20)28-32-31-25-14-15-26(33-34(25)28)39-17-16-30-29(36)22-11-7-6-10-21(22)27(35)19-8-4-3-5-9-19/h3-15,18H,16-17H2,1-2H3,(H,30,36). The van der Waals surface area contributed by atoms with E-state index < -0.39 is 0 Å². The van der Waals surface area contributed by atoms with E-state index in [9.17, 15) is 9.59 Å². The molecule has 0 aliphatic heterocycles. The van der Waals surface area contributed by atoms with Gasteiger partial charge in [-0.1, -0.05) is 48.5 Å². The number of carbonyl (C=O) groups excluding carboxylic acids is 2. The third kappa shape index (κ3) is 5.40. The normalized spacial score (nSPS) is 10.7. The highest BCUT2D eigenvalue weighted by atomic mass is 16.5. The molecule has 2 heterocycles. The molecule has 0 aliphatic rings. The number of amides is 1. The monoisotopic (exact) mass is 523 g/mol. The van der Waals surface area contributed by atoms with E-state index >= 15 is 0 Å². The predicted molar refractivity (Wildman–Crippen MR) is 143 cm³/mol. The van der Waals surface area contributed by atoms with Crippen LogP contribution in [-0.2, 0) is 0 Å². The van der Waals surface area contributed by atoms with E-state index in [-0.39, 0.29) is 24.8 Å². The van der Waals surface area contributed by atoms with Gasteiger partial charge in [-0.05, 0) is 30.3 Å². The summed E-state index contributed by atoms with van der Waals surface area (Å²) in [6, 6.07) is 24.4. The van der Waals surface area contributed by atoms with E-state index in [1.807, 2.05) is 6.07 Å². The Kier molecular flexibility index (Phi) is 7.44. The smallest absolute Gasteiger partial charge is 0.252 e. The number of benzene rings is 3. The highest BCUT2D eigenvalue weighted by Gasteiger charge is 2.18. The molecule has 3 aromatic carbocycles. The van der Waals surface area contributed by atoms with Crippen LogP contribution in [0.4, 0.5) is 0 Å². The van der Waals surface area contributed by atoms with Crippen LogP contribution in [0.15, 0.2) is 84.9 Å². The molecule has 0 fully saturated rings. The van der Waals surface area contributed by atoms with Crippen molar-refractivity contribution in [2.75, 3.05) is 27.4 Å². The van der Waals surface area contributed by atoms with Crippen molar-refractivity contribution in [1.82, 2.24) is 25.1 Å². The van der Waals surface area contributed by atoms with Crippen LogP contribution in [0.25, 0.3) is 17.0 Å². The largest absolute Gasteiger partial charge is 0.497 e. The molecule has 5 aromatic rings. The van der Waals surface area contributed by atoms with Gasteiger partial charge in [0.1, 0.15) is 18.1 Å². The minimum absolute atomic E-state index is 0.152. The van der Waals surface area contributed by atoms with E-state index in [1.54, 1.807) is 97.6 Å². The molecule has 1 N–H and O–H groups in total. The lowest BCUT2D eigenvalue weighted by molar-refractivity contribution is 0.0936. The van der Waals surface area contributed by atoms with Gasteiger partial charge in [-0.15, -0.1) is 15.3 Å². The summed E-state index contributed by atoms with van der Waals surface area (Å²) >= 11 is 0. The molecule has 0 atom stereocenters. The molecule has 0 radical (unpaired) electrons. The maximum Gasteiger partial charge on any atom is 0.252 e. The van der Waals surface area contributed by atoms with Crippen molar-refractivity contribution in [3.05, 3.63) is 102 Å². The maximum absolute atomic E-state index is 12.9. The Labute approximate surface area is 224 Å². The molecule has 5 rings (SSSR count). The van der Waals surface area contributed by atoms with Crippen LogP contribution in [0.1, 0.15) is 26.3 Å². The number of nitrogens with one attached hydrogen (secondary N) is 1. The lowest BCUT2D eigenvalue weighted by Gasteiger charge is -2.11. The second-order valence-corrected chi connectivity index (χ2v) is 8.38. The van der Waals surface area contributed by atoms with Crippen molar-refractivity contribution < 1.29 is 23.8 Å². The molecule has 10 nitrogen and oxygen atoms in total. The van der Waals surface area contributed by atoms with E-state index in [0.29, 0.717) is 51.1 Å². The summed E-state index contributed by atoms with van der Waals surface area (Å²) in [6.45, 7) is 0.351. The fraction of sp³-hybridized carbons (Fsp3) is 0.138. The van der Waals surface area contributed by atoms with Crippen molar-refractivity contribution in [1.29, 1.82) is 0 Å². The number of ketones is 1. The molecule has 0 saturated heterocycles. The Morgan fingerprint density at radius 2 is 1.62 bits per heavy atom. The highest BCUT2D eigenvalue weighted by molar-refractivity contribution is 6.15. The zero-order chi connectivity index (χ0) is 27.2. The molecule has 0 aliphatic carbocycles. The number of fused-ring (bicyclic) bond motifs is 1. The summed E-state index contributed by atoms with van der Waals surface area (Å²) in [4.78, 5) is 25.8. The Hall–Kier alpha value is -5.25. The molecule has 0 bridgehead atoms. The average Bonchev–Trinajstić information content (AvgIpc) is 3.42. The number of ether oxygens (including phenoxy) is 3. The third-order valence-corrected chi connectivity index (χ3v) is 5.98. The summed E-state index contributed by atoms with van der Waals surface area (Å²) < 4.78 is 18.2. The van der Waals surface area contributed by atoms with E-state index in [2.05, 4.69) is 20.6 Å². The van der Waals surface area contributed by atoms with Crippen molar-refractivity contribution in [3.63, 3.8) is 0 Å². The molecule has 10 heteroatoms. The first-order chi connectivity index (χ1) is 19.1. The fourth-order valence-electron chi connectivity index (χ4n) is 4.05. The molecular formula is C29H25N5O5. The van der Waals surface area contributed by atoms with Crippen molar-refractivity contribution in [2.45, 2.75) is 0 Å². The first-order valence-electron chi connectivity index (χ1n) is 12.1. The van der Waals surface area contributed by atoms with Gasteiger partial charge in [-0.3, -0.25) is 9.59 Å². The quantitative estimate of drug-likeness (QED) is 0.217. The van der Waals surface area contributed by atoms with Crippen LogP contribution in [0.5, 0.6) is 17.4 Å². The Bertz CT molecular complexity index is 1630. The lowest BCUT2D eigenvalue weighted by Crippen LogP contribution is -2.29. The zero-order valence-electron chi connectivity index (χ0n) is 21.3. The Morgan fingerprint density at radius 1 is 0.846 bits per heavy atom. The van der Waals surface area contributed by atoms with E-state index in [1.165, 1.54) is 0 Å². The molecule has 2 aromatic heterocycles. The molecule has 1 amide bonds. The fourth-order valence-corrected chi connectivity index (χ4v) is 4.05. The van der Waals surface area contributed by atoms with Crippen LogP contribution in [-0.4, -0.2) is 58.9 Å². The molecular weight excluding hydrogens is 498 g/mol. The number of rotatable bonds is 10. The average molecular weight is 524 g/mol. The van der Waals surface area contributed by atoms with Crippen LogP contribution in [0, 0.1) is 0 Å². The minimum atomic E-state index is -0.367. The molecule has 39 heavy (non-hydrogen) atoms. The van der Waals surface area contributed by atoms with E-state index in [4.69, 9.17) is 14.2 Å². The maximum atomic E-state index is 12.9. The zero-order valence-corrected chi connectivity index (χ0v) is 21.3. The van der Waals surface area contributed by atoms with Gasteiger partial charge in [-0.25, -0.2) is 0 Å². The molecule has 0 saturated carbocycles. The van der Waals surface area contributed by atoms with Crippen LogP contribution in [0.2, 0.25) is 0 Å². The number of methoxy groups -OCH3 is 2. The molecule has 196 valence electrons. The first-order valence-corrected chi connectivity index (χ1v) is 12.1. The van der Waals surface area contributed by atoms with E-state index in [0.717, 1.165) is 0 Å². The highest BCUT2D eigenvalue weighted by Crippen LogP contribution is 2.32. The summed E-state index contributed by atoms with van der Waals surface area (Å²) in [6.07, 6.45) is 0. The topological polar surface area (TPSA) is 117 Å². The van der Waals surface area contributed by atoms with Crippen molar-refractivity contribution >= 4 is 17.3 Å². The summed E-state index contributed by atoms with van der Waals surface area (Å²) in [5.74, 6) is 1.42. The Balaban J connectivity index is 1.26. The summed E-state index contributed by atoms with van der Waals surface area (Å²) in [7, 11) is 3.15. The molecule has 0 spiro atoms. The first kappa shape index (κ1) is 25.4. The lowest BCUT2D eigenvalue weighted by atomic mass is 9.98. The number of hydrogen-bond acceptors (Lipinski definition) is 8. The van der Waals surface area contributed by atoms with Gasteiger partial charge < -0.3 is 19.5 Å². The third-order valence-electron chi connectivity index (χ3n) is 5.98.